The number of hydrogen-bond acceptors (Lipinski definition) is 4. The van der Waals surface area contributed by atoms with Gasteiger partial charge in [0, 0.05) is 36.1 Å². The molecule has 5 heteroatoms. The molecular weight excluding hydrogens is 252 g/mol. The van der Waals surface area contributed by atoms with Crippen molar-refractivity contribution in [1.82, 2.24) is 20.3 Å². The fourth-order valence-electron chi connectivity index (χ4n) is 1.79. The summed E-state index contributed by atoms with van der Waals surface area (Å²) < 4.78 is 0. The number of H-pyrrole nitrogens is 1. The lowest BCUT2D eigenvalue weighted by Crippen LogP contribution is -2.35. The SMILES string of the molecule is Cc1ccncc1-c1nc(CNC(C)(C)C)cc(=O)[nH]1. The Kier molecular flexibility index (Phi) is 3.99. The Morgan fingerprint density at radius 3 is 2.75 bits per heavy atom. The van der Waals surface area contributed by atoms with E-state index >= 15 is 0 Å². The molecule has 0 radical (unpaired) electrons. The van der Waals surface area contributed by atoms with Crippen LogP contribution in [-0.2, 0) is 6.54 Å². The summed E-state index contributed by atoms with van der Waals surface area (Å²) in [6.45, 7) is 8.75. The monoisotopic (exact) mass is 272 g/mol. The van der Waals surface area contributed by atoms with Crippen molar-refractivity contribution in [2.24, 2.45) is 0 Å². The number of aromatic nitrogens is 3. The molecular formula is C15H20N4O. The van der Waals surface area contributed by atoms with Crippen LogP contribution in [0.1, 0.15) is 32.0 Å². The summed E-state index contributed by atoms with van der Waals surface area (Å²) in [6.07, 6.45) is 3.44. The Bertz CT molecular complexity index is 655. The van der Waals surface area contributed by atoms with Crippen LogP contribution in [0, 0.1) is 6.92 Å². The highest BCUT2D eigenvalue weighted by molar-refractivity contribution is 5.57. The molecule has 2 rings (SSSR count). The van der Waals surface area contributed by atoms with Crippen molar-refractivity contribution >= 4 is 0 Å². The van der Waals surface area contributed by atoms with Crippen LogP contribution in [-0.4, -0.2) is 20.5 Å². The first-order chi connectivity index (χ1) is 9.35. The van der Waals surface area contributed by atoms with Crippen LogP contribution < -0.4 is 10.9 Å². The molecule has 0 bridgehead atoms. The predicted molar refractivity (Wildman–Crippen MR) is 79.4 cm³/mol. The Morgan fingerprint density at radius 1 is 1.35 bits per heavy atom. The van der Waals surface area contributed by atoms with E-state index in [1.807, 2.05) is 13.0 Å². The van der Waals surface area contributed by atoms with E-state index in [1.54, 1.807) is 12.4 Å². The van der Waals surface area contributed by atoms with Gasteiger partial charge in [0.2, 0.25) is 0 Å². The van der Waals surface area contributed by atoms with Gasteiger partial charge in [-0.1, -0.05) is 0 Å². The van der Waals surface area contributed by atoms with Crippen LogP contribution in [0.2, 0.25) is 0 Å². The first-order valence-electron chi connectivity index (χ1n) is 6.61. The Labute approximate surface area is 118 Å². The normalized spacial score (nSPS) is 11.6. The molecule has 2 N–H and O–H groups in total. The summed E-state index contributed by atoms with van der Waals surface area (Å²) in [5, 5.41) is 3.33. The molecule has 106 valence electrons. The lowest BCUT2D eigenvalue weighted by atomic mass is 10.1. The molecule has 0 saturated heterocycles. The van der Waals surface area contributed by atoms with E-state index in [9.17, 15) is 4.79 Å². The van der Waals surface area contributed by atoms with Crippen molar-refractivity contribution in [1.29, 1.82) is 0 Å². The molecule has 0 amide bonds. The molecule has 0 saturated carbocycles. The number of pyridine rings is 1. The zero-order valence-corrected chi connectivity index (χ0v) is 12.3. The van der Waals surface area contributed by atoms with Crippen molar-refractivity contribution in [3.05, 3.63) is 46.1 Å². The highest BCUT2D eigenvalue weighted by Crippen LogP contribution is 2.16. The number of rotatable bonds is 3. The first kappa shape index (κ1) is 14.4. The van der Waals surface area contributed by atoms with Crippen LogP contribution >= 0.6 is 0 Å². The second-order valence-corrected chi connectivity index (χ2v) is 5.88. The third kappa shape index (κ3) is 3.74. The van der Waals surface area contributed by atoms with Gasteiger partial charge in [-0.15, -0.1) is 0 Å². The quantitative estimate of drug-likeness (QED) is 0.897. The number of aromatic amines is 1. The minimum atomic E-state index is -0.149. The van der Waals surface area contributed by atoms with Gasteiger partial charge < -0.3 is 10.3 Å². The summed E-state index contributed by atoms with van der Waals surface area (Å²) in [4.78, 5) is 23.1. The second kappa shape index (κ2) is 5.54. The van der Waals surface area contributed by atoms with E-state index in [2.05, 4.69) is 41.0 Å². The molecule has 0 fully saturated rings. The molecule has 0 aliphatic rings. The molecule has 5 nitrogen and oxygen atoms in total. The maximum atomic E-state index is 11.8. The lowest BCUT2D eigenvalue weighted by molar-refractivity contribution is 0.421. The van der Waals surface area contributed by atoms with E-state index in [1.165, 1.54) is 6.07 Å². The van der Waals surface area contributed by atoms with Crippen molar-refractivity contribution in [2.75, 3.05) is 0 Å². The van der Waals surface area contributed by atoms with Gasteiger partial charge in [0.05, 0.1) is 5.69 Å². The van der Waals surface area contributed by atoms with Crippen LogP contribution in [0.25, 0.3) is 11.4 Å². The summed E-state index contributed by atoms with van der Waals surface area (Å²) in [7, 11) is 0. The Morgan fingerprint density at radius 2 is 2.10 bits per heavy atom. The smallest absolute Gasteiger partial charge is 0.251 e. The molecule has 0 aromatic carbocycles. The minimum Gasteiger partial charge on any atom is -0.306 e. The molecule has 0 atom stereocenters. The van der Waals surface area contributed by atoms with Gasteiger partial charge in [0.1, 0.15) is 5.82 Å². The molecule has 2 aromatic rings. The highest BCUT2D eigenvalue weighted by Gasteiger charge is 2.11. The minimum absolute atomic E-state index is 0.0192. The van der Waals surface area contributed by atoms with Gasteiger partial charge in [0.25, 0.3) is 5.56 Å². The topological polar surface area (TPSA) is 70.7 Å². The van der Waals surface area contributed by atoms with Gasteiger partial charge in [0.15, 0.2) is 0 Å². The van der Waals surface area contributed by atoms with Crippen LogP contribution in [0.5, 0.6) is 0 Å². The van der Waals surface area contributed by atoms with E-state index < -0.39 is 0 Å². The second-order valence-electron chi connectivity index (χ2n) is 5.88. The average Bonchev–Trinajstić information content (AvgIpc) is 2.35. The largest absolute Gasteiger partial charge is 0.306 e. The summed E-state index contributed by atoms with van der Waals surface area (Å²) in [6, 6.07) is 3.42. The fourth-order valence-corrected chi connectivity index (χ4v) is 1.79. The van der Waals surface area contributed by atoms with E-state index in [0.29, 0.717) is 12.4 Å². The van der Waals surface area contributed by atoms with Crippen LogP contribution in [0.15, 0.2) is 29.3 Å². The molecule has 0 unspecified atom stereocenters. The van der Waals surface area contributed by atoms with Crippen molar-refractivity contribution in [3.63, 3.8) is 0 Å². The Hall–Kier alpha value is -2.01. The fraction of sp³-hybridized carbons (Fsp3) is 0.400. The number of nitrogens with one attached hydrogen (secondary N) is 2. The maximum Gasteiger partial charge on any atom is 0.251 e. The average molecular weight is 272 g/mol. The zero-order chi connectivity index (χ0) is 14.8. The Balaban J connectivity index is 2.35. The van der Waals surface area contributed by atoms with Crippen molar-refractivity contribution in [3.8, 4) is 11.4 Å². The number of hydrogen-bond donors (Lipinski definition) is 2. The van der Waals surface area contributed by atoms with Crippen molar-refractivity contribution in [2.45, 2.75) is 39.8 Å². The van der Waals surface area contributed by atoms with Gasteiger partial charge in [-0.3, -0.25) is 9.78 Å². The molecule has 2 heterocycles. The zero-order valence-electron chi connectivity index (χ0n) is 12.3. The van der Waals surface area contributed by atoms with Gasteiger partial charge in [-0.05, 0) is 39.3 Å². The van der Waals surface area contributed by atoms with Crippen molar-refractivity contribution < 1.29 is 0 Å². The summed E-state index contributed by atoms with van der Waals surface area (Å²) >= 11 is 0. The lowest BCUT2D eigenvalue weighted by Gasteiger charge is -2.20. The molecule has 20 heavy (non-hydrogen) atoms. The summed E-state index contributed by atoms with van der Waals surface area (Å²) in [5.74, 6) is 0.564. The van der Waals surface area contributed by atoms with Crippen LogP contribution in [0.4, 0.5) is 0 Å². The molecule has 2 aromatic heterocycles. The first-order valence-corrected chi connectivity index (χ1v) is 6.61. The number of nitrogens with zero attached hydrogens (tertiary/aromatic N) is 2. The molecule has 0 aliphatic heterocycles. The van der Waals surface area contributed by atoms with Gasteiger partial charge >= 0.3 is 0 Å². The number of aryl methyl sites for hydroxylation is 1. The van der Waals surface area contributed by atoms with Crippen LogP contribution in [0.3, 0.4) is 0 Å². The van der Waals surface area contributed by atoms with E-state index in [0.717, 1.165) is 16.8 Å². The van der Waals surface area contributed by atoms with E-state index in [-0.39, 0.29) is 11.1 Å². The third-order valence-corrected chi connectivity index (χ3v) is 2.89. The highest BCUT2D eigenvalue weighted by atomic mass is 16.1. The van der Waals surface area contributed by atoms with Gasteiger partial charge in [-0.25, -0.2) is 4.98 Å². The third-order valence-electron chi connectivity index (χ3n) is 2.89. The maximum absolute atomic E-state index is 11.8. The molecule has 0 aliphatic carbocycles. The molecule has 0 spiro atoms. The predicted octanol–water partition coefficient (Wildman–Crippen LogP) is 2.03. The standard InChI is InChI=1S/C15H20N4O/c1-10-5-6-16-9-12(10)14-18-11(7-13(20)19-14)8-17-15(2,3)4/h5-7,9,17H,8H2,1-4H3,(H,18,19,20). The van der Waals surface area contributed by atoms with E-state index in [4.69, 9.17) is 0 Å². The van der Waals surface area contributed by atoms with Gasteiger partial charge in [-0.2, -0.15) is 0 Å². The summed E-state index contributed by atoms with van der Waals surface area (Å²) in [5.41, 5.74) is 2.44.